The summed E-state index contributed by atoms with van der Waals surface area (Å²) in [6.07, 6.45) is 7.99. The molecule has 2 aromatic rings. The molecule has 0 radical (unpaired) electrons. The fourth-order valence-electron chi connectivity index (χ4n) is 6.18. The van der Waals surface area contributed by atoms with E-state index in [0.29, 0.717) is 19.8 Å². The van der Waals surface area contributed by atoms with Crippen LogP contribution in [-0.2, 0) is 27.1 Å². The van der Waals surface area contributed by atoms with Crippen LogP contribution < -0.4 is 5.32 Å². The van der Waals surface area contributed by atoms with Gasteiger partial charge in [0.15, 0.2) is 0 Å². The minimum absolute atomic E-state index is 0.0627. The maximum absolute atomic E-state index is 12.5. The Morgan fingerprint density at radius 3 is 2.97 bits per heavy atom. The Morgan fingerprint density at radius 2 is 2.13 bits per heavy atom. The number of carboxylic acid groups (broad SMARTS) is 1. The van der Waals surface area contributed by atoms with Gasteiger partial charge in [0.1, 0.15) is 6.04 Å². The van der Waals surface area contributed by atoms with Gasteiger partial charge in [0, 0.05) is 38.5 Å². The molecule has 4 heterocycles. The average Bonchev–Trinajstić information content (AvgIpc) is 3.36. The number of nitrogens with one attached hydrogen (secondary N) is 1. The lowest BCUT2D eigenvalue weighted by atomic mass is 9.79. The number of nitrogens with zero attached hydrogens (tertiary/aromatic N) is 2. The maximum Gasteiger partial charge on any atom is 0.325 e. The lowest BCUT2D eigenvalue weighted by Crippen LogP contribution is -2.35. The quantitative estimate of drug-likeness (QED) is 0.396. The van der Waals surface area contributed by atoms with Crippen molar-refractivity contribution >= 4 is 11.7 Å². The predicted octanol–water partition coefficient (Wildman–Crippen LogP) is 5.56. The van der Waals surface area contributed by atoms with Crippen molar-refractivity contribution in [2.45, 2.75) is 83.5 Å². The molecule has 38 heavy (non-hydrogen) atoms. The average molecular weight is 522 g/mol. The largest absolute Gasteiger partial charge is 0.480 e. The SMILES string of the molecule is CC1(C)CCOC(c2ccccc2C(C(=O)O)N2CC[C@@H](OCCCCc3ccc4c(n3)CCCN4)C2)C1. The Morgan fingerprint density at radius 1 is 1.26 bits per heavy atom. The summed E-state index contributed by atoms with van der Waals surface area (Å²) < 4.78 is 12.4. The van der Waals surface area contributed by atoms with Crippen molar-refractivity contribution in [2.75, 3.05) is 38.2 Å². The zero-order valence-corrected chi connectivity index (χ0v) is 23.0. The Kier molecular flexibility index (Phi) is 8.66. The number of fused-ring (bicyclic) bond motifs is 1. The number of anilines is 1. The Balaban J connectivity index is 1.13. The standard InChI is InChI=1S/C31H43N3O4/c1-31(2)15-19-38-28(20-31)24-9-3-4-10-25(24)29(30(35)36)34-17-14-23(21-34)37-18-6-5-8-22-12-13-26-27(33-22)11-7-16-32-26/h3-4,9-10,12-13,23,28-29,32H,5-8,11,14-21H2,1-2H3,(H,35,36)/t23-,28?,29?/m1/s1. The van der Waals surface area contributed by atoms with Crippen LogP contribution in [-0.4, -0.2) is 59.9 Å². The van der Waals surface area contributed by atoms with E-state index in [1.165, 1.54) is 11.4 Å². The summed E-state index contributed by atoms with van der Waals surface area (Å²) in [4.78, 5) is 19.5. The number of rotatable bonds is 10. The van der Waals surface area contributed by atoms with E-state index in [-0.39, 0.29) is 17.6 Å². The first kappa shape index (κ1) is 27.1. The van der Waals surface area contributed by atoms with E-state index in [9.17, 15) is 9.90 Å². The monoisotopic (exact) mass is 521 g/mol. The van der Waals surface area contributed by atoms with Gasteiger partial charge in [0.2, 0.25) is 0 Å². The normalized spacial score (nSPS) is 23.9. The van der Waals surface area contributed by atoms with Gasteiger partial charge in [-0.25, -0.2) is 0 Å². The van der Waals surface area contributed by atoms with Gasteiger partial charge >= 0.3 is 5.97 Å². The van der Waals surface area contributed by atoms with Crippen LogP contribution in [0.15, 0.2) is 36.4 Å². The molecule has 3 atom stereocenters. The number of hydrogen-bond acceptors (Lipinski definition) is 6. The summed E-state index contributed by atoms with van der Waals surface area (Å²) in [7, 11) is 0. The van der Waals surface area contributed by atoms with Crippen LogP contribution in [0.25, 0.3) is 0 Å². The predicted molar refractivity (Wildman–Crippen MR) is 148 cm³/mol. The zero-order valence-electron chi connectivity index (χ0n) is 23.0. The summed E-state index contributed by atoms with van der Waals surface area (Å²) in [5.74, 6) is -0.805. The fraction of sp³-hybridized carbons (Fsp3) is 0.613. The second-order valence-electron chi connectivity index (χ2n) is 11.9. The molecule has 0 bridgehead atoms. The smallest absolute Gasteiger partial charge is 0.325 e. The van der Waals surface area contributed by atoms with Gasteiger partial charge in [-0.15, -0.1) is 0 Å². The molecular formula is C31H43N3O4. The highest BCUT2D eigenvalue weighted by molar-refractivity contribution is 5.76. The van der Waals surface area contributed by atoms with Crippen LogP contribution in [0.2, 0.25) is 0 Å². The van der Waals surface area contributed by atoms with E-state index in [1.54, 1.807) is 0 Å². The van der Waals surface area contributed by atoms with Crippen molar-refractivity contribution in [3.05, 3.63) is 58.9 Å². The van der Waals surface area contributed by atoms with Gasteiger partial charge in [-0.3, -0.25) is 14.7 Å². The zero-order chi connectivity index (χ0) is 26.5. The van der Waals surface area contributed by atoms with Crippen LogP contribution in [0.4, 0.5) is 5.69 Å². The fourth-order valence-corrected chi connectivity index (χ4v) is 6.18. The molecule has 2 N–H and O–H groups in total. The molecule has 0 spiro atoms. The third-order valence-corrected chi connectivity index (χ3v) is 8.37. The van der Waals surface area contributed by atoms with Gasteiger partial charge in [-0.05, 0) is 80.0 Å². The number of carboxylic acids is 1. The summed E-state index contributed by atoms with van der Waals surface area (Å²) in [6.45, 7) is 8.35. The Bertz CT molecular complexity index is 1100. The molecule has 2 unspecified atom stereocenters. The van der Waals surface area contributed by atoms with Crippen molar-refractivity contribution < 1.29 is 19.4 Å². The number of carbonyl (C=O) groups is 1. The van der Waals surface area contributed by atoms with Crippen LogP contribution >= 0.6 is 0 Å². The van der Waals surface area contributed by atoms with Gasteiger partial charge in [0.25, 0.3) is 0 Å². The summed E-state index contributed by atoms with van der Waals surface area (Å²) in [5, 5.41) is 13.7. The second-order valence-corrected chi connectivity index (χ2v) is 11.9. The lowest BCUT2D eigenvalue weighted by molar-refractivity contribution is -0.143. The van der Waals surface area contributed by atoms with E-state index < -0.39 is 12.0 Å². The minimum Gasteiger partial charge on any atom is -0.480 e. The number of benzene rings is 1. The maximum atomic E-state index is 12.5. The number of pyridine rings is 1. The number of aromatic nitrogens is 1. The summed E-state index contributed by atoms with van der Waals surface area (Å²) >= 11 is 0. The first-order valence-electron chi connectivity index (χ1n) is 14.4. The number of aryl methyl sites for hydroxylation is 2. The van der Waals surface area contributed by atoms with Gasteiger partial charge in [0.05, 0.1) is 23.6 Å². The van der Waals surface area contributed by atoms with Crippen LogP contribution in [0, 0.1) is 5.41 Å². The third-order valence-electron chi connectivity index (χ3n) is 8.37. The topological polar surface area (TPSA) is 83.9 Å². The number of aliphatic carboxylic acids is 1. The van der Waals surface area contributed by atoms with E-state index in [2.05, 4.69) is 42.3 Å². The Labute approximate surface area is 226 Å². The molecule has 0 amide bonds. The van der Waals surface area contributed by atoms with Gasteiger partial charge < -0.3 is 19.9 Å². The Hall–Kier alpha value is -2.48. The second kappa shape index (κ2) is 12.1. The lowest BCUT2D eigenvalue weighted by Gasteiger charge is -2.37. The highest BCUT2D eigenvalue weighted by Crippen LogP contribution is 2.42. The van der Waals surface area contributed by atoms with Gasteiger partial charge in [-0.1, -0.05) is 38.1 Å². The number of ether oxygens (including phenoxy) is 2. The van der Waals surface area contributed by atoms with Crippen LogP contribution in [0.3, 0.4) is 0 Å². The molecule has 206 valence electrons. The van der Waals surface area contributed by atoms with Crippen molar-refractivity contribution in [3.63, 3.8) is 0 Å². The first-order chi connectivity index (χ1) is 18.4. The van der Waals surface area contributed by atoms with Crippen molar-refractivity contribution in [2.24, 2.45) is 5.41 Å². The van der Waals surface area contributed by atoms with E-state index >= 15 is 0 Å². The number of unbranched alkanes of at least 4 members (excludes halogenated alkanes) is 1. The molecule has 1 aromatic heterocycles. The molecule has 2 fully saturated rings. The highest BCUT2D eigenvalue weighted by Gasteiger charge is 2.38. The van der Waals surface area contributed by atoms with Crippen LogP contribution in [0.1, 0.15) is 87.0 Å². The molecule has 5 rings (SSSR count). The summed E-state index contributed by atoms with van der Waals surface area (Å²) in [5.41, 5.74) is 5.61. The molecule has 7 heteroatoms. The van der Waals surface area contributed by atoms with Gasteiger partial charge in [-0.2, -0.15) is 0 Å². The van der Waals surface area contributed by atoms with E-state index in [4.69, 9.17) is 14.5 Å². The highest BCUT2D eigenvalue weighted by atomic mass is 16.5. The van der Waals surface area contributed by atoms with Crippen LogP contribution in [0.5, 0.6) is 0 Å². The van der Waals surface area contributed by atoms with E-state index in [0.717, 1.165) is 81.3 Å². The molecule has 0 saturated carbocycles. The summed E-state index contributed by atoms with van der Waals surface area (Å²) in [6, 6.07) is 11.6. The molecule has 7 nitrogen and oxygen atoms in total. The molecule has 3 aliphatic heterocycles. The molecular weight excluding hydrogens is 478 g/mol. The minimum atomic E-state index is -0.805. The molecule has 0 aliphatic carbocycles. The van der Waals surface area contributed by atoms with Crippen molar-refractivity contribution in [3.8, 4) is 0 Å². The van der Waals surface area contributed by atoms with Crippen molar-refractivity contribution in [1.82, 2.24) is 9.88 Å². The molecule has 2 saturated heterocycles. The number of likely N-dealkylation sites (tertiary alicyclic amines) is 1. The molecule has 1 aromatic carbocycles. The number of hydrogen-bond donors (Lipinski definition) is 2. The third kappa shape index (κ3) is 6.56. The first-order valence-corrected chi connectivity index (χ1v) is 14.4. The van der Waals surface area contributed by atoms with E-state index in [1.807, 2.05) is 18.2 Å². The van der Waals surface area contributed by atoms with Crippen molar-refractivity contribution in [1.29, 1.82) is 0 Å². The molecule has 3 aliphatic rings.